The fraction of sp³-hybridized carbons (Fsp3) is 0.231. The van der Waals surface area contributed by atoms with E-state index in [0.717, 1.165) is 5.56 Å². The van der Waals surface area contributed by atoms with Gasteiger partial charge in [-0.05, 0) is 24.6 Å². The Morgan fingerprint density at radius 2 is 2.17 bits per heavy atom. The average Bonchev–Trinajstić information content (AvgIpc) is 2.75. The zero-order chi connectivity index (χ0) is 13.1. The molecule has 1 aromatic heterocycles. The van der Waals surface area contributed by atoms with E-state index in [-0.39, 0.29) is 5.91 Å². The maximum Gasteiger partial charge on any atom is 0.256 e. The number of aryl methyl sites for hydroxylation is 2. The molecule has 0 atom stereocenters. The summed E-state index contributed by atoms with van der Waals surface area (Å²) in [6.45, 7) is 1.93. The minimum absolute atomic E-state index is 0.202. The second-order valence-electron chi connectivity index (χ2n) is 4.01. The first-order valence-electron chi connectivity index (χ1n) is 5.56. The third kappa shape index (κ3) is 2.51. The predicted octanol–water partition coefficient (Wildman–Crippen LogP) is 1.99. The molecule has 0 aliphatic rings. The fourth-order valence-corrected chi connectivity index (χ4v) is 1.63. The van der Waals surface area contributed by atoms with Crippen LogP contribution >= 0.6 is 0 Å². The van der Waals surface area contributed by atoms with Crippen LogP contribution in [0.2, 0.25) is 0 Å². The summed E-state index contributed by atoms with van der Waals surface area (Å²) in [4.78, 5) is 12.0. The minimum atomic E-state index is -0.202. The first-order valence-corrected chi connectivity index (χ1v) is 5.56. The van der Waals surface area contributed by atoms with Gasteiger partial charge < -0.3 is 10.1 Å². The number of aromatic nitrogens is 2. The number of hydrogen-bond acceptors (Lipinski definition) is 3. The van der Waals surface area contributed by atoms with Gasteiger partial charge in [0, 0.05) is 24.9 Å². The molecule has 5 heteroatoms. The Morgan fingerprint density at radius 1 is 1.39 bits per heavy atom. The van der Waals surface area contributed by atoms with Crippen molar-refractivity contribution in [2.24, 2.45) is 7.05 Å². The van der Waals surface area contributed by atoms with Gasteiger partial charge in [-0.25, -0.2) is 0 Å². The van der Waals surface area contributed by atoms with Crippen molar-refractivity contribution in [1.29, 1.82) is 0 Å². The lowest BCUT2D eigenvalue weighted by atomic mass is 10.1. The molecule has 0 saturated heterocycles. The SMILES string of the molecule is COc1cc(C(=O)Nc2ccn(C)n2)ccc1C. The molecule has 18 heavy (non-hydrogen) atoms. The van der Waals surface area contributed by atoms with Crippen LogP contribution in [0.25, 0.3) is 0 Å². The lowest BCUT2D eigenvalue weighted by molar-refractivity contribution is 0.102. The summed E-state index contributed by atoms with van der Waals surface area (Å²) >= 11 is 0. The maximum atomic E-state index is 12.0. The molecule has 0 radical (unpaired) electrons. The topological polar surface area (TPSA) is 56.1 Å². The van der Waals surface area contributed by atoms with E-state index in [0.29, 0.717) is 17.1 Å². The number of anilines is 1. The summed E-state index contributed by atoms with van der Waals surface area (Å²) in [7, 11) is 3.38. The molecule has 2 aromatic rings. The van der Waals surface area contributed by atoms with Crippen molar-refractivity contribution in [2.75, 3.05) is 12.4 Å². The Morgan fingerprint density at radius 3 is 2.78 bits per heavy atom. The molecule has 5 nitrogen and oxygen atoms in total. The Labute approximate surface area is 105 Å². The van der Waals surface area contributed by atoms with Crippen LogP contribution in [0.5, 0.6) is 5.75 Å². The van der Waals surface area contributed by atoms with Gasteiger partial charge in [0.15, 0.2) is 5.82 Å². The highest BCUT2D eigenvalue weighted by atomic mass is 16.5. The summed E-state index contributed by atoms with van der Waals surface area (Å²) in [6.07, 6.45) is 1.77. The highest BCUT2D eigenvalue weighted by Crippen LogP contribution is 2.19. The Balaban J connectivity index is 2.18. The van der Waals surface area contributed by atoms with Crippen molar-refractivity contribution in [3.05, 3.63) is 41.6 Å². The molecular formula is C13H15N3O2. The van der Waals surface area contributed by atoms with E-state index in [9.17, 15) is 4.79 Å². The van der Waals surface area contributed by atoms with Crippen molar-refractivity contribution in [3.63, 3.8) is 0 Å². The van der Waals surface area contributed by atoms with Gasteiger partial charge in [-0.2, -0.15) is 5.10 Å². The molecule has 0 bridgehead atoms. The predicted molar refractivity (Wildman–Crippen MR) is 68.9 cm³/mol. The molecule has 0 aliphatic heterocycles. The van der Waals surface area contributed by atoms with E-state index in [2.05, 4.69) is 10.4 Å². The van der Waals surface area contributed by atoms with Crippen molar-refractivity contribution < 1.29 is 9.53 Å². The quantitative estimate of drug-likeness (QED) is 0.899. The van der Waals surface area contributed by atoms with Gasteiger partial charge in [0.05, 0.1) is 7.11 Å². The lowest BCUT2D eigenvalue weighted by Gasteiger charge is -2.07. The fourth-order valence-electron chi connectivity index (χ4n) is 1.63. The van der Waals surface area contributed by atoms with Gasteiger partial charge in [-0.3, -0.25) is 9.48 Å². The van der Waals surface area contributed by atoms with Crippen molar-refractivity contribution in [2.45, 2.75) is 6.92 Å². The minimum Gasteiger partial charge on any atom is -0.496 e. The van der Waals surface area contributed by atoms with Crippen LogP contribution in [-0.2, 0) is 7.05 Å². The molecule has 94 valence electrons. The van der Waals surface area contributed by atoms with Crippen molar-refractivity contribution >= 4 is 11.7 Å². The summed E-state index contributed by atoms with van der Waals surface area (Å²) in [5, 5.41) is 6.81. The Bertz CT molecular complexity index is 575. The second kappa shape index (κ2) is 4.91. The summed E-state index contributed by atoms with van der Waals surface area (Å²) in [6, 6.07) is 7.07. The second-order valence-corrected chi connectivity index (χ2v) is 4.01. The number of carbonyl (C=O) groups is 1. The smallest absolute Gasteiger partial charge is 0.256 e. The maximum absolute atomic E-state index is 12.0. The van der Waals surface area contributed by atoms with Gasteiger partial charge in [0.25, 0.3) is 5.91 Å². The first kappa shape index (κ1) is 12.2. The molecule has 1 aromatic carbocycles. The number of nitrogens with one attached hydrogen (secondary N) is 1. The number of ether oxygens (including phenoxy) is 1. The number of methoxy groups -OCH3 is 1. The molecule has 1 heterocycles. The van der Waals surface area contributed by atoms with Crippen molar-refractivity contribution in [1.82, 2.24) is 9.78 Å². The molecule has 0 unspecified atom stereocenters. The van der Waals surface area contributed by atoms with E-state index < -0.39 is 0 Å². The van der Waals surface area contributed by atoms with Gasteiger partial charge in [0.1, 0.15) is 5.75 Å². The summed E-state index contributed by atoms with van der Waals surface area (Å²) in [5.41, 5.74) is 1.54. The number of carbonyl (C=O) groups excluding carboxylic acids is 1. The van der Waals surface area contributed by atoms with Gasteiger partial charge >= 0.3 is 0 Å². The Hall–Kier alpha value is -2.30. The normalized spacial score (nSPS) is 10.2. The van der Waals surface area contributed by atoms with Crippen molar-refractivity contribution in [3.8, 4) is 5.75 Å². The number of amides is 1. The van der Waals surface area contributed by atoms with E-state index >= 15 is 0 Å². The summed E-state index contributed by atoms with van der Waals surface area (Å²) < 4.78 is 6.82. The van der Waals surface area contributed by atoms with Gasteiger partial charge in [-0.15, -0.1) is 0 Å². The van der Waals surface area contributed by atoms with Crippen LogP contribution in [-0.4, -0.2) is 22.8 Å². The van der Waals surface area contributed by atoms with Crippen LogP contribution in [0.3, 0.4) is 0 Å². The largest absolute Gasteiger partial charge is 0.496 e. The third-order valence-electron chi connectivity index (χ3n) is 2.63. The lowest BCUT2D eigenvalue weighted by Crippen LogP contribution is -2.12. The van der Waals surface area contributed by atoms with Crippen LogP contribution in [0.4, 0.5) is 5.82 Å². The zero-order valence-corrected chi connectivity index (χ0v) is 10.6. The number of hydrogen-bond donors (Lipinski definition) is 1. The number of rotatable bonds is 3. The van der Waals surface area contributed by atoms with Gasteiger partial charge in [-0.1, -0.05) is 6.07 Å². The first-order chi connectivity index (χ1) is 8.60. The van der Waals surface area contributed by atoms with Crippen LogP contribution < -0.4 is 10.1 Å². The molecule has 0 aliphatic carbocycles. The van der Waals surface area contributed by atoms with Crippen LogP contribution in [0.15, 0.2) is 30.5 Å². The number of benzene rings is 1. The van der Waals surface area contributed by atoms with E-state index in [1.165, 1.54) is 0 Å². The monoisotopic (exact) mass is 245 g/mol. The molecule has 1 N–H and O–H groups in total. The van der Waals surface area contributed by atoms with E-state index in [4.69, 9.17) is 4.74 Å². The molecule has 0 spiro atoms. The molecule has 0 fully saturated rings. The van der Waals surface area contributed by atoms with Crippen LogP contribution in [0, 0.1) is 6.92 Å². The standard InChI is InChI=1S/C13H15N3O2/c1-9-4-5-10(8-11(9)18-3)13(17)14-12-6-7-16(2)15-12/h4-8H,1-3H3,(H,14,15,17). The summed E-state index contributed by atoms with van der Waals surface area (Å²) in [5.74, 6) is 1.03. The average molecular weight is 245 g/mol. The number of nitrogens with zero attached hydrogens (tertiary/aromatic N) is 2. The van der Waals surface area contributed by atoms with Crippen LogP contribution in [0.1, 0.15) is 15.9 Å². The van der Waals surface area contributed by atoms with E-state index in [1.54, 1.807) is 43.2 Å². The molecule has 0 saturated carbocycles. The molecule has 2 rings (SSSR count). The van der Waals surface area contributed by atoms with E-state index in [1.807, 2.05) is 13.0 Å². The highest BCUT2D eigenvalue weighted by Gasteiger charge is 2.09. The Kier molecular flexibility index (Phi) is 3.32. The molecular weight excluding hydrogens is 230 g/mol. The third-order valence-corrected chi connectivity index (χ3v) is 2.63. The zero-order valence-electron chi connectivity index (χ0n) is 10.6. The highest BCUT2D eigenvalue weighted by molar-refractivity contribution is 6.04. The molecule has 1 amide bonds. The van der Waals surface area contributed by atoms with Gasteiger partial charge in [0.2, 0.25) is 0 Å².